The number of carbonyl (C=O) groups is 1. The first-order valence-corrected chi connectivity index (χ1v) is 9.25. The lowest BCUT2D eigenvalue weighted by Gasteiger charge is -2.32. The number of hydrogen-bond acceptors (Lipinski definition) is 5. The predicted octanol–water partition coefficient (Wildman–Crippen LogP) is 2.74. The topological polar surface area (TPSA) is 67.6 Å². The molecule has 3 aromatic rings. The molecule has 0 saturated carbocycles. The average Bonchev–Trinajstić information content (AvgIpc) is 3.11. The third kappa shape index (κ3) is 4.72. The van der Waals surface area contributed by atoms with Crippen LogP contribution in [0.5, 0.6) is 0 Å². The van der Waals surface area contributed by atoms with Gasteiger partial charge >= 0.3 is 0 Å². The molecule has 1 saturated heterocycles. The molecule has 2 heterocycles. The van der Waals surface area contributed by atoms with Crippen LogP contribution in [-0.2, 0) is 22.6 Å². The Kier molecular flexibility index (Phi) is 5.46. The number of nitrogens with one attached hydrogen (secondary N) is 1. The lowest BCUT2D eigenvalue weighted by atomic mass is 10.1. The minimum atomic E-state index is -0.0916. The molecule has 1 fully saturated rings. The van der Waals surface area contributed by atoms with Crippen molar-refractivity contribution in [3.8, 4) is 0 Å². The van der Waals surface area contributed by atoms with Gasteiger partial charge in [0.1, 0.15) is 5.52 Å². The van der Waals surface area contributed by atoms with Crippen LogP contribution in [0, 0.1) is 0 Å². The number of hydrogen-bond donors (Lipinski definition) is 1. The highest BCUT2D eigenvalue weighted by molar-refractivity contribution is 5.76. The summed E-state index contributed by atoms with van der Waals surface area (Å²) >= 11 is 0. The summed E-state index contributed by atoms with van der Waals surface area (Å²) in [7, 11) is 0. The zero-order valence-electron chi connectivity index (χ0n) is 15.1. The average molecular weight is 365 g/mol. The number of benzene rings is 2. The SMILES string of the molecule is O=C(C[C@H]1CN(Cc2ccccc2)CCO1)NCc1nc2ccccc2o1. The molecule has 6 nitrogen and oxygen atoms in total. The van der Waals surface area contributed by atoms with E-state index in [-0.39, 0.29) is 18.6 Å². The zero-order valence-corrected chi connectivity index (χ0v) is 15.1. The number of rotatable bonds is 6. The molecule has 1 N–H and O–H groups in total. The Labute approximate surface area is 158 Å². The Bertz CT molecular complexity index is 861. The van der Waals surface area contributed by atoms with Crippen LogP contribution in [0.3, 0.4) is 0 Å². The van der Waals surface area contributed by atoms with Crippen molar-refractivity contribution >= 4 is 17.0 Å². The highest BCUT2D eigenvalue weighted by Crippen LogP contribution is 2.15. The van der Waals surface area contributed by atoms with Gasteiger partial charge in [0, 0.05) is 19.6 Å². The lowest BCUT2D eigenvalue weighted by molar-refractivity contribution is -0.126. The van der Waals surface area contributed by atoms with Gasteiger partial charge in [0.25, 0.3) is 0 Å². The maximum Gasteiger partial charge on any atom is 0.223 e. The van der Waals surface area contributed by atoms with Gasteiger partial charge in [-0.2, -0.15) is 0 Å². The number of morpholine rings is 1. The van der Waals surface area contributed by atoms with Gasteiger partial charge < -0.3 is 14.5 Å². The second-order valence-electron chi connectivity index (χ2n) is 6.77. The number of fused-ring (bicyclic) bond motifs is 1. The van der Waals surface area contributed by atoms with Gasteiger partial charge in [-0.15, -0.1) is 0 Å². The fourth-order valence-corrected chi connectivity index (χ4v) is 3.34. The second kappa shape index (κ2) is 8.33. The summed E-state index contributed by atoms with van der Waals surface area (Å²) in [4.78, 5) is 19.0. The van der Waals surface area contributed by atoms with Gasteiger partial charge in [0.05, 0.1) is 25.7 Å². The van der Waals surface area contributed by atoms with Crippen LogP contribution in [0.25, 0.3) is 11.1 Å². The molecule has 0 unspecified atom stereocenters. The van der Waals surface area contributed by atoms with Crippen molar-refractivity contribution < 1.29 is 13.9 Å². The third-order valence-electron chi connectivity index (χ3n) is 4.66. The zero-order chi connectivity index (χ0) is 18.5. The molecular formula is C21H23N3O3. The molecule has 27 heavy (non-hydrogen) atoms. The molecule has 0 radical (unpaired) electrons. The number of amides is 1. The van der Waals surface area contributed by atoms with Crippen LogP contribution < -0.4 is 5.32 Å². The predicted molar refractivity (Wildman–Crippen MR) is 102 cm³/mol. The third-order valence-corrected chi connectivity index (χ3v) is 4.66. The van der Waals surface area contributed by atoms with E-state index in [4.69, 9.17) is 9.15 Å². The Morgan fingerprint density at radius 2 is 1.96 bits per heavy atom. The first-order chi connectivity index (χ1) is 13.3. The molecular weight excluding hydrogens is 342 g/mol. The van der Waals surface area contributed by atoms with E-state index in [2.05, 4.69) is 27.3 Å². The Morgan fingerprint density at radius 1 is 1.15 bits per heavy atom. The molecule has 0 aliphatic carbocycles. The van der Waals surface area contributed by atoms with Crippen molar-refractivity contribution in [1.82, 2.24) is 15.2 Å². The molecule has 1 amide bonds. The van der Waals surface area contributed by atoms with E-state index in [0.717, 1.165) is 30.7 Å². The summed E-state index contributed by atoms with van der Waals surface area (Å²) in [6.45, 7) is 3.45. The summed E-state index contributed by atoms with van der Waals surface area (Å²) in [5, 5.41) is 2.88. The van der Waals surface area contributed by atoms with E-state index in [1.54, 1.807) is 0 Å². The van der Waals surface area contributed by atoms with E-state index in [1.165, 1.54) is 5.56 Å². The van der Waals surface area contributed by atoms with Gasteiger partial charge in [0.15, 0.2) is 5.58 Å². The van der Waals surface area contributed by atoms with E-state index in [1.807, 2.05) is 42.5 Å². The van der Waals surface area contributed by atoms with E-state index in [9.17, 15) is 4.79 Å². The van der Waals surface area contributed by atoms with E-state index >= 15 is 0 Å². The molecule has 0 bridgehead atoms. The maximum atomic E-state index is 12.3. The minimum Gasteiger partial charge on any atom is -0.439 e. The number of aromatic nitrogens is 1. The first kappa shape index (κ1) is 17.7. The van der Waals surface area contributed by atoms with Gasteiger partial charge in [0.2, 0.25) is 11.8 Å². The van der Waals surface area contributed by atoms with Gasteiger partial charge in [-0.05, 0) is 17.7 Å². The summed E-state index contributed by atoms with van der Waals surface area (Å²) in [5.41, 5.74) is 2.81. The summed E-state index contributed by atoms with van der Waals surface area (Å²) in [6, 6.07) is 17.9. The van der Waals surface area contributed by atoms with Crippen LogP contribution >= 0.6 is 0 Å². The minimum absolute atomic E-state index is 0.0520. The van der Waals surface area contributed by atoms with Gasteiger partial charge in [-0.25, -0.2) is 4.98 Å². The van der Waals surface area contributed by atoms with Crippen molar-refractivity contribution in [1.29, 1.82) is 0 Å². The van der Waals surface area contributed by atoms with Crippen LogP contribution in [0.2, 0.25) is 0 Å². The maximum absolute atomic E-state index is 12.3. The molecule has 6 heteroatoms. The molecule has 1 atom stereocenters. The van der Waals surface area contributed by atoms with Crippen molar-refractivity contribution in [2.45, 2.75) is 25.6 Å². The van der Waals surface area contributed by atoms with E-state index < -0.39 is 0 Å². The molecule has 140 valence electrons. The van der Waals surface area contributed by atoms with Crippen molar-refractivity contribution in [3.05, 3.63) is 66.1 Å². The highest BCUT2D eigenvalue weighted by Gasteiger charge is 2.23. The van der Waals surface area contributed by atoms with Crippen molar-refractivity contribution in [3.63, 3.8) is 0 Å². The summed E-state index contributed by atoms with van der Waals surface area (Å²) < 4.78 is 11.4. The normalized spacial score (nSPS) is 17.9. The van der Waals surface area contributed by atoms with Crippen molar-refractivity contribution in [2.24, 2.45) is 0 Å². The molecule has 1 aliphatic rings. The molecule has 4 rings (SSSR count). The number of oxazole rings is 1. The van der Waals surface area contributed by atoms with E-state index in [0.29, 0.717) is 18.9 Å². The lowest BCUT2D eigenvalue weighted by Crippen LogP contribution is -2.44. The van der Waals surface area contributed by atoms with Crippen molar-refractivity contribution in [2.75, 3.05) is 19.7 Å². The van der Waals surface area contributed by atoms with Gasteiger partial charge in [-0.3, -0.25) is 9.69 Å². The first-order valence-electron chi connectivity index (χ1n) is 9.25. The summed E-state index contributed by atoms with van der Waals surface area (Å²) in [6.07, 6.45) is 0.247. The molecule has 0 spiro atoms. The van der Waals surface area contributed by atoms with Crippen LogP contribution in [0.1, 0.15) is 17.9 Å². The number of para-hydroxylation sites is 2. The molecule has 1 aliphatic heterocycles. The second-order valence-corrected chi connectivity index (χ2v) is 6.77. The van der Waals surface area contributed by atoms with Crippen LogP contribution in [0.15, 0.2) is 59.0 Å². The highest BCUT2D eigenvalue weighted by atomic mass is 16.5. The fourth-order valence-electron chi connectivity index (χ4n) is 3.34. The Hall–Kier alpha value is -2.70. The Morgan fingerprint density at radius 3 is 2.81 bits per heavy atom. The standard InChI is InChI=1S/C21H23N3O3/c25-20(22-13-21-23-18-8-4-5-9-19(18)27-21)12-17-15-24(10-11-26-17)14-16-6-2-1-3-7-16/h1-9,17H,10-15H2,(H,22,25)/t17-/m0/s1. The fraction of sp³-hybridized carbons (Fsp3) is 0.333. The monoisotopic (exact) mass is 365 g/mol. The molecule has 1 aromatic heterocycles. The largest absolute Gasteiger partial charge is 0.439 e. The van der Waals surface area contributed by atoms with Gasteiger partial charge in [-0.1, -0.05) is 42.5 Å². The number of ether oxygens (including phenoxy) is 1. The van der Waals surface area contributed by atoms with Crippen LogP contribution in [-0.4, -0.2) is 41.6 Å². The Balaban J connectivity index is 1.26. The summed E-state index contributed by atoms with van der Waals surface area (Å²) in [5.74, 6) is 0.462. The smallest absolute Gasteiger partial charge is 0.223 e. The number of carbonyl (C=O) groups excluding carboxylic acids is 1. The quantitative estimate of drug-likeness (QED) is 0.727. The van der Waals surface area contributed by atoms with Crippen LogP contribution in [0.4, 0.5) is 0 Å². The molecule has 2 aromatic carbocycles. The number of nitrogens with zero attached hydrogens (tertiary/aromatic N) is 2.